The molecule has 0 spiro atoms. The van der Waals surface area contributed by atoms with E-state index in [1.807, 2.05) is 6.07 Å². The monoisotopic (exact) mass is 315 g/mol. The van der Waals surface area contributed by atoms with E-state index < -0.39 is 11.8 Å². The van der Waals surface area contributed by atoms with Crippen LogP contribution in [0, 0.1) is 0 Å². The number of ether oxygens (including phenoxy) is 2. The van der Waals surface area contributed by atoms with Gasteiger partial charge in [0.15, 0.2) is 0 Å². The maximum absolute atomic E-state index is 14.5. The fourth-order valence-corrected chi connectivity index (χ4v) is 1.97. The van der Waals surface area contributed by atoms with Crippen molar-refractivity contribution in [1.82, 2.24) is 0 Å². The van der Waals surface area contributed by atoms with Crippen molar-refractivity contribution in [2.24, 2.45) is 0 Å². The van der Waals surface area contributed by atoms with E-state index in [4.69, 9.17) is 9.47 Å². The van der Waals surface area contributed by atoms with Crippen molar-refractivity contribution in [2.75, 3.05) is 19.0 Å². The SMILES string of the molecule is CCOC(=O)/C(F)=C(\Nc1ccc(OC)cc1)c1ccccc1. The molecule has 1 N–H and O–H groups in total. The number of anilines is 1. The lowest BCUT2D eigenvalue weighted by molar-refractivity contribution is -0.140. The van der Waals surface area contributed by atoms with Crippen LogP contribution in [0.3, 0.4) is 0 Å². The summed E-state index contributed by atoms with van der Waals surface area (Å²) in [4.78, 5) is 11.7. The Morgan fingerprint density at radius 3 is 2.30 bits per heavy atom. The molecule has 0 radical (unpaired) electrons. The minimum atomic E-state index is -0.993. The molecule has 0 saturated carbocycles. The highest BCUT2D eigenvalue weighted by Gasteiger charge is 2.18. The Labute approximate surface area is 134 Å². The molecule has 120 valence electrons. The molecule has 0 saturated heterocycles. The number of hydrogen-bond acceptors (Lipinski definition) is 4. The zero-order valence-electron chi connectivity index (χ0n) is 13.0. The first kappa shape index (κ1) is 16.5. The summed E-state index contributed by atoms with van der Waals surface area (Å²) in [5.74, 6) is -1.27. The summed E-state index contributed by atoms with van der Waals surface area (Å²) in [7, 11) is 1.57. The Kier molecular flexibility index (Phi) is 5.74. The first-order valence-corrected chi connectivity index (χ1v) is 7.19. The van der Waals surface area contributed by atoms with E-state index in [9.17, 15) is 9.18 Å². The number of esters is 1. The van der Waals surface area contributed by atoms with Crippen LogP contribution in [0.25, 0.3) is 5.70 Å². The van der Waals surface area contributed by atoms with Crippen LogP contribution in [0.1, 0.15) is 12.5 Å². The summed E-state index contributed by atoms with van der Waals surface area (Å²) in [5.41, 5.74) is 1.24. The Morgan fingerprint density at radius 2 is 1.74 bits per heavy atom. The van der Waals surface area contributed by atoms with Gasteiger partial charge in [-0.05, 0) is 31.2 Å². The topological polar surface area (TPSA) is 47.6 Å². The fraction of sp³-hybridized carbons (Fsp3) is 0.167. The van der Waals surface area contributed by atoms with E-state index in [0.717, 1.165) is 0 Å². The highest BCUT2D eigenvalue weighted by molar-refractivity contribution is 5.98. The number of carbonyl (C=O) groups excluding carboxylic acids is 1. The van der Waals surface area contributed by atoms with E-state index in [-0.39, 0.29) is 12.3 Å². The number of methoxy groups -OCH3 is 1. The van der Waals surface area contributed by atoms with Gasteiger partial charge >= 0.3 is 5.97 Å². The van der Waals surface area contributed by atoms with Gasteiger partial charge in [-0.1, -0.05) is 30.3 Å². The van der Waals surface area contributed by atoms with Gasteiger partial charge in [0.1, 0.15) is 5.75 Å². The lowest BCUT2D eigenvalue weighted by atomic mass is 10.1. The van der Waals surface area contributed by atoms with Crippen LogP contribution in [0.4, 0.5) is 10.1 Å². The van der Waals surface area contributed by atoms with Crippen molar-refractivity contribution < 1.29 is 18.7 Å². The minimum Gasteiger partial charge on any atom is -0.497 e. The summed E-state index contributed by atoms with van der Waals surface area (Å²) in [6, 6.07) is 15.7. The molecule has 23 heavy (non-hydrogen) atoms. The third-order valence-electron chi connectivity index (χ3n) is 3.10. The average Bonchev–Trinajstić information content (AvgIpc) is 2.60. The molecule has 0 aromatic heterocycles. The van der Waals surface area contributed by atoms with Crippen molar-refractivity contribution >= 4 is 17.4 Å². The smallest absolute Gasteiger partial charge is 0.369 e. The predicted octanol–water partition coefficient (Wildman–Crippen LogP) is 4.01. The normalized spacial score (nSPS) is 11.4. The van der Waals surface area contributed by atoms with Gasteiger partial charge < -0.3 is 14.8 Å². The third kappa shape index (κ3) is 4.32. The molecule has 0 aliphatic heterocycles. The number of halogens is 1. The molecule has 0 aliphatic carbocycles. The van der Waals surface area contributed by atoms with Crippen LogP contribution in [0.2, 0.25) is 0 Å². The lowest BCUT2D eigenvalue weighted by Gasteiger charge is -2.13. The van der Waals surface area contributed by atoms with Gasteiger partial charge in [-0.25, -0.2) is 4.79 Å². The first-order valence-electron chi connectivity index (χ1n) is 7.19. The Balaban J connectivity index is 2.37. The second kappa shape index (κ2) is 7.98. The molecule has 2 aromatic rings. The van der Waals surface area contributed by atoms with E-state index in [2.05, 4.69) is 5.32 Å². The van der Waals surface area contributed by atoms with Crippen molar-refractivity contribution in [2.45, 2.75) is 6.92 Å². The van der Waals surface area contributed by atoms with Crippen molar-refractivity contribution in [1.29, 1.82) is 0 Å². The lowest BCUT2D eigenvalue weighted by Crippen LogP contribution is -2.10. The molecule has 2 aromatic carbocycles. The highest BCUT2D eigenvalue weighted by Crippen LogP contribution is 2.25. The van der Waals surface area contributed by atoms with Crippen LogP contribution in [0.15, 0.2) is 60.4 Å². The van der Waals surface area contributed by atoms with Crippen LogP contribution < -0.4 is 10.1 Å². The minimum absolute atomic E-state index is 0.0641. The van der Waals surface area contributed by atoms with Crippen LogP contribution in [-0.4, -0.2) is 19.7 Å². The van der Waals surface area contributed by atoms with E-state index in [0.29, 0.717) is 17.0 Å². The second-order valence-corrected chi connectivity index (χ2v) is 4.63. The molecule has 2 rings (SSSR count). The summed E-state index contributed by atoms with van der Waals surface area (Å²) < 4.78 is 24.3. The van der Waals surface area contributed by atoms with Crippen molar-refractivity contribution in [3.63, 3.8) is 0 Å². The van der Waals surface area contributed by atoms with Gasteiger partial charge in [0.25, 0.3) is 0 Å². The Bertz CT molecular complexity index is 681. The largest absolute Gasteiger partial charge is 0.497 e. The molecule has 0 bridgehead atoms. The Hall–Kier alpha value is -2.82. The molecule has 0 heterocycles. The summed E-state index contributed by atoms with van der Waals surface area (Å²) in [6.45, 7) is 1.74. The molecule has 0 amide bonds. The number of hydrogen-bond donors (Lipinski definition) is 1. The second-order valence-electron chi connectivity index (χ2n) is 4.63. The molecule has 0 fully saturated rings. The molecule has 0 unspecified atom stereocenters. The fourth-order valence-electron chi connectivity index (χ4n) is 1.97. The summed E-state index contributed by atoms with van der Waals surface area (Å²) in [6.07, 6.45) is 0. The van der Waals surface area contributed by atoms with Crippen molar-refractivity contribution in [3.8, 4) is 5.75 Å². The van der Waals surface area contributed by atoms with E-state index in [1.54, 1.807) is 62.6 Å². The first-order chi connectivity index (χ1) is 11.2. The zero-order valence-corrected chi connectivity index (χ0v) is 13.0. The number of benzene rings is 2. The standard InChI is InChI=1S/C18H18FNO3/c1-3-23-18(21)16(19)17(13-7-5-4-6-8-13)20-14-9-11-15(22-2)12-10-14/h4-12,20H,3H2,1-2H3/b17-16+. The zero-order chi connectivity index (χ0) is 16.7. The molecule has 5 heteroatoms. The van der Waals surface area contributed by atoms with Gasteiger partial charge in [0.2, 0.25) is 5.83 Å². The highest BCUT2D eigenvalue weighted by atomic mass is 19.1. The van der Waals surface area contributed by atoms with Crippen LogP contribution in [0.5, 0.6) is 5.75 Å². The average molecular weight is 315 g/mol. The number of carbonyl (C=O) groups is 1. The van der Waals surface area contributed by atoms with Gasteiger partial charge in [-0.2, -0.15) is 4.39 Å². The summed E-state index contributed by atoms with van der Waals surface area (Å²) in [5, 5.41) is 2.93. The van der Waals surface area contributed by atoms with E-state index in [1.165, 1.54) is 0 Å². The maximum Gasteiger partial charge on any atom is 0.369 e. The predicted molar refractivity (Wildman–Crippen MR) is 87.7 cm³/mol. The molecule has 0 aliphatic rings. The van der Waals surface area contributed by atoms with Crippen LogP contribution >= 0.6 is 0 Å². The molecule has 4 nitrogen and oxygen atoms in total. The molecular weight excluding hydrogens is 297 g/mol. The number of rotatable bonds is 6. The number of nitrogens with one attached hydrogen (secondary N) is 1. The van der Waals surface area contributed by atoms with Gasteiger partial charge in [0.05, 0.1) is 19.4 Å². The van der Waals surface area contributed by atoms with Gasteiger partial charge in [-0.3, -0.25) is 0 Å². The Morgan fingerprint density at radius 1 is 1.09 bits per heavy atom. The van der Waals surface area contributed by atoms with Gasteiger partial charge in [0, 0.05) is 11.3 Å². The van der Waals surface area contributed by atoms with E-state index >= 15 is 0 Å². The maximum atomic E-state index is 14.5. The quantitative estimate of drug-likeness (QED) is 0.646. The van der Waals surface area contributed by atoms with Crippen molar-refractivity contribution in [3.05, 3.63) is 66.0 Å². The van der Waals surface area contributed by atoms with Crippen LogP contribution in [-0.2, 0) is 9.53 Å². The molecular formula is C18H18FNO3. The summed E-state index contributed by atoms with van der Waals surface area (Å²) >= 11 is 0. The molecule has 0 atom stereocenters. The third-order valence-corrected chi connectivity index (χ3v) is 3.10. The van der Waals surface area contributed by atoms with Gasteiger partial charge in [-0.15, -0.1) is 0 Å².